The number of aromatic nitrogens is 1. The molecule has 1 heterocycles. The molecular formula is C14H16N2OS. The highest BCUT2D eigenvalue weighted by molar-refractivity contribution is 7.98. The number of nitrogens with one attached hydrogen (secondary N) is 1. The molecule has 18 heavy (non-hydrogen) atoms. The third-order valence-corrected chi connectivity index (χ3v) is 3.47. The molecule has 94 valence electrons. The summed E-state index contributed by atoms with van der Waals surface area (Å²) in [4.78, 5) is 3.17. The van der Waals surface area contributed by atoms with Crippen molar-refractivity contribution in [3.8, 4) is 11.8 Å². The molecule has 0 spiro atoms. The fraction of sp³-hybridized carbons (Fsp3) is 0.357. The topological polar surface area (TPSA) is 48.8 Å². The number of nitriles is 1. The molecule has 0 saturated carbocycles. The predicted molar refractivity (Wildman–Crippen MR) is 76.1 cm³/mol. The standard InChI is InChI=1S/C14H16N2OS/c1-18-8-2-7-17-12-3-4-14-13(9-12)11(5-6-15)10-16-14/h3-4,9-10,16H,2,5,7-8H2,1H3. The van der Waals surface area contributed by atoms with Crippen LogP contribution in [0.3, 0.4) is 0 Å². The van der Waals surface area contributed by atoms with Crippen LogP contribution in [0, 0.1) is 11.3 Å². The second kappa shape index (κ2) is 6.36. The summed E-state index contributed by atoms with van der Waals surface area (Å²) in [6, 6.07) is 8.16. The molecule has 0 fully saturated rings. The number of aromatic amines is 1. The molecule has 4 heteroatoms. The fourth-order valence-electron chi connectivity index (χ4n) is 1.87. The van der Waals surface area contributed by atoms with Gasteiger partial charge in [0.1, 0.15) is 5.75 Å². The summed E-state index contributed by atoms with van der Waals surface area (Å²) in [5.74, 6) is 1.99. The second-order valence-corrected chi connectivity index (χ2v) is 5.04. The Morgan fingerprint density at radius 1 is 1.44 bits per heavy atom. The van der Waals surface area contributed by atoms with Gasteiger partial charge in [0.25, 0.3) is 0 Å². The number of fused-ring (bicyclic) bond motifs is 1. The van der Waals surface area contributed by atoms with Crippen molar-refractivity contribution in [3.63, 3.8) is 0 Å². The Kier molecular flexibility index (Phi) is 4.54. The van der Waals surface area contributed by atoms with Gasteiger partial charge in [-0.15, -0.1) is 0 Å². The van der Waals surface area contributed by atoms with Crippen molar-refractivity contribution < 1.29 is 4.74 Å². The number of hydrogen-bond donors (Lipinski definition) is 1. The minimum Gasteiger partial charge on any atom is -0.494 e. The first kappa shape index (κ1) is 12.8. The molecule has 2 aromatic rings. The highest BCUT2D eigenvalue weighted by atomic mass is 32.2. The largest absolute Gasteiger partial charge is 0.494 e. The van der Waals surface area contributed by atoms with Crippen molar-refractivity contribution in [1.82, 2.24) is 4.98 Å². The van der Waals surface area contributed by atoms with E-state index in [9.17, 15) is 0 Å². The van der Waals surface area contributed by atoms with E-state index in [4.69, 9.17) is 10.00 Å². The van der Waals surface area contributed by atoms with E-state index in [1.165, 1.54) is 0 Å². The van der Waals surface area contributed by atoms with E-state index in [-0.39, 0.29) is 0 Å². The summed E-state index contributed by atoms with van der Waals surface area (Å²) in [5.41, 5.74) is 2.08. The van der Waals surface area contributed by atoms with Crippen molar-refractivity contribution in [2.45, 2.75) is 12.8 Å². The van der Waals surface area contributed by atoms with E-state index >= 15 is 0 Å². The average molecular weight is 260 g/mol. The van der Waals surface area contributed by atoms with Crippen LogP contribution in [0.5, 0.6) is 5.75 Å². The van der Waals surface area contributed by atoms with Gasteiger partial charge in [-0.25, -0.2) is 0 Å². The van der Waals surface area contributed by atoms with Crippen molar-refractivity contribution in [1.29, 1.82) is 5.26 Å². The first-order chi connectivity index (χ1) is 8.85. The Hall–Kier alpha value is -1.60. The maximum Gasteiger partial charge on any atom is 0.120 e. The van der Waals surface area contributed by atoms with Gasteiger partial charge in [-0.05, 0) is 42.2 Å². The summed E-state index contributed by atoms with van der Waals surface area (Å²) in [6.07, 6.45) is 5.47. The molecule has 1 N–H and O–H groups in total. The van der Waals surface area contributed by atoms with Crippen LogP contribution in [0.2, 0.25) is 0 Å². The molecule has 0 saturated heterocycles. The van der Waals surface area contributed by atoms with Gasteiger partial charge in [0.15, 0.2) is 0 Å². The predicted octanol–water partition coefficient (Wildman–Crippen LogP) is 3.37. The molecule has 1 aromatic heterocycles. The fourth-order valence-corrected chi connectivity index (χ4v) is 2.28. The van der Waals surface area contributed by atoms with Crippen LogP contribution in [0.4, 0.5) is 0 Å². The maximum absolute atomic E-state index is 8.77. The molecule has 1 aromatic carbocycles. The van der Waals surface area contributed by atoms with E-state index in [1.54, 1.807) is 0 Å². The van der Waals surface area contributed by atoms with Gasteiger partial charge in [0.2, 0.25) is 0 Å². The van der Waals surface area contributed by atoms with E-state index < -0.39 is 0 Å². The summed E-state index contributed by atoms with van der Waals surface area (Å²) in [6.45, 7) is 0.740. The third kappa shape index (κ3) is 2.99. The van der Waals surface area contributed by atoms with Crippen LogP contribution in [-0.2, 0) is 6.42 Å². The second-order valence-electron chi connectivity index (χ2n) is 4.05. The Morgan fingerprint density at radius 2 is 2.33 bits per heavy atom. The maximum atomic E-state index is 8.77. The SMILES string of the molecule is CSCCCOc1ccc2[nH]cc(CC#N)c2c1. The number of H-pyrrole nitrogens is 1. The van der Waals surface area contributed by atoms with Crippen LogP contribution in [-0.4, -0.2) is 23.6 Å². The lowest BCUT2D eigenvalue weighted by atomic mass is 10.1. The van der Waals surface area contributed by atoms with Crippen molar-refractivity contribution in [3.05, 3.63) is 30.0 Å². The Labute approximate surface area is 111 Å². The zero-order valence-corrected chi connectivity index (χ0v) is 11.2. The van der Waals surface area contributed by atoms with Gasteiger partial charge >= 0.3 is 0 Å². The van der Waals surface area contributed by atoms with Crippen LogP contribution in [0.1, 0.15) is 12.0 Å². The molecule has 0 aliphatic carbocycles. The van der Waals surface area contributed by atoms with Gasteiger partial charge in [-0.1, -0.05) is 0 Å². The minimum absolute atomic E-state index is 0.427. The van der Waals surface area contributed by atoms with E-state index in [2.05, 4.69) is 17.3 Å². The number of hydrogen-bond acceptors (Lipinski definition) is 3. The molecule has 0 bridgehead atoms. The minimum atomic E-state index is 0.427. The number of nitrogens with zero attached hydrogens (tertiary/aromatic N) is 1. The van der Waals surface area contributed by atoms with Gasteiger partial charge in [0, 0.05) is 17.1 Å². The van der Waals surface area contributed by atoms with E-state index in [0.717, 1.165) is 41.0 Å². The van der Waals surface area contributed by atoms with Gasteiger partial charge in [0.05, 0.1) is 19.1 Å². The lowest BCUT2D eigenvalue weighted by molar-refractivity contribution is 0.319. The van der Waals surface area contributed by atoms with Crippen LogP contribution in [0.15, 0.2) is 24.4 Å². The number of benzene rings is 1. The van der Waals surface area contributed by atoms with E-state index in [0.29, 0.717) is 6.42 Å². The molecule has 2 rings (SSSR count). The van der Waals surface area contributed by atoms with Gasteiger partial charge in [-0.3, -0.25) is 0 Å². The zero-order chi connectivity index (χ0) is 12.8. The van der Waals surface area contributed by atoms with Gasteiger partial charge in [-0.2, -0.15) is 17.0 Å². The molecular weight excluding hydrogens is 244 g/mol. The summed E-state index contributed by atoms with van der Waals surface area (Å²) in [5, 5.41) is 9.85. The molecule has 0 unspecified atom stereocenters. The van der Waals surface area contributed by atoms with Crippen molar-refractivity contribution in [2.24, 2.45) is 0 Å². The third-order valence-electron chi connectivity index (χ3n) is 2.77. The first-order valence-electron chi connectivity index (χ1n) is 5.94. The van der Waals surface area contributed by atoms with Crippen LogP contribution < -0.4 is 4.74 Å². The highest BCUT2D eigenvalue weighted by Gasteiger charge is 2.04. The molecule has 0 aliphatic rings. The summed E-state index contributed by atoms with van der Waals surface area (Å²) in [7, 11) is 0. The Bertz CT molecular complexity index is 556. The lowest BCUT2D eigenvalue weighted by Gasteiger charge is -2.05. The first-order valence-corrected chi connectivity index (χ1v) is 7.33. The number of ether oxygens (including phenoxy) is 1. The monoisotopic (exact) mass is 260 g/mol. The molecule has 0 aliphatic heterocycles. The Morgan fingerprint density at radius 3 is 3.11 bits per heavy atom. The molecule has 0 amide bonds. The molecule has 3 nitrogen and oxygen atoms in total. The van der Waals surface area contributed by atoms with Gasteiger partial charge < -0.3 is 9.72 Å². The lowest BCUT2D eigenvalue weighted by Crippen LogP contribution is -1.98. The molecule has 0 atom stereocenters. The zero-order valence-electron chi connectivity index (χ0n) is 10.4. The van der Waals surface area contributed by atoms with Crippen LogP contribution in [0.25, 0.3) is 10.9 Å². The van der Waals surface area contributed by atoms with E-state index in [1.807, 2.05) is 36.2 Å². The normalized spacial score (nSPS) is 10.4. The Balaban J connectivity index is 2.10. The highest BCUT2D eigenvalue weighted by Crippen LogP contribution is 2.24. The summed E-state index contributed by atoms with van der Waals surface area (Å²) < 4.78 is 5.71. The quantitative estimate of drug-likeness (QED) is 0.810. The molecule has 0 radical (unpaired) electrons. The smallest absolute Gasteiger partial charge is 0.120 e. The number of thioether (sulfide) groups is 1. The van der Waals surface area contributed by atoms with Crippen molar-refractivity contribution >= 4 is 22.7 Å². The number of rotatable bonds is 6. The van der Waals surface area contributed by atoms with Crippen molar-refractivity contribution in [2.75, 3.05) is 18.6 Å². The average Bonchev–Trinajstić information content (AvgIpc) is 2.78. The summed E-state index contributed by atoms with van der Waals surface area (Å²) >= 11 is 1.83. The van der Waals surface area contributed by atoms with Crippen LogP contribution >= 0.6 is 11.8 Å².